The van der Waals surface area contributed by atoms with Gasteiger partial charge in [0.15, 0.2) is 11.6 Å². The summed E-state index contributed by atoms with van der Waals surface area (Å²) in [6, 6.07) is 12.9. The van der Waals surface area contributed by atoms with Crippen LogP contribution in [0.2, 0.25) is 0 Å². The standard InChI is InChI=1S/C15H15BrFNO/c1-10(18-13-5-3-4-12(16)9-13)11-6-7-14(17)15(8-11)19-2/h3-10,18H,1-2H3. The molecule has 0 amide bonds. The van der Waals surface area contributed by atoms with Crippen molar-refractivity contribution in [3.8, 4) is 5.75 Å². The Balaban J connectivity index is 2.18. The molecule has 0 saturated heterocycles. The third-order valence-corrected chi connectivity index (χ3v) is 3.38. The van der Waals surface area contributed by atoms with Crippen molar-refractivity contribution in [1.29, 1.82) is 0 Å². The van der Waals surface area contributed by atoms with Crippen LogP contribution in [0.4, 0.5) is 10.1 Å². The second-order valence-electron chi connectivity index (χ2n) is 4.27. The summed E-state index contributed by atoms with van der Waals surface area (Å²) in [5.41, 5.74) is 1.98. The highest BCUT2D eigenvalue weighted by Crippen LogP contribution is 2.26. The maximum absolute atomic E-state index is 13.4. The minimum atomic E-state index is -0.346. The summed E-state index contributed by atoms with van der Waals surface area (Å²) in [6.45, 7) is 2.02. The normalized spacial score (nSPS) is 12.0. The molecule has 0 bridgehead atoms. The maximum Gasteiger partial charge on any atom is 0.165 e. The van der Waals surface area contributed by atoms with Crippen molar-refractivity contribution in [1.82, 2.24) is 0 Å². The van der Waals surface area contributed by atoms with Crippen molar-refractivity contribution >= 4 is 21.6 Å². The van der Waals surface area contributed by atoms with E-state index in [1.165, 1.54) is 13.2 Å². The SMILES string of the molecule is COc1cc(C(C)Nc2cccc(Br)c2)ccc1F. The number of nitrogens with one attached hydrogen (secondary N) is 1. The Bertz CT molecular complexity index is 574. The number of ether oxygens (including phenoxy) is 1. The smallest absolute Gasteiger partial charge is 0.165 e. The molecule has 19 heavy (non-hydrogen) atoms. The molecule has 0 fully saturated rings. The lowest BCUT2D eigenvalue weighted by molar-refractivity contribution is 0.385. The first-order valence-electron chi connectivity index (χ1n) is 5.95. The minimum Gasteiger partial charge on any atom is -0.494 e. The van der Waals surface area contributed by atoms with Crippen molar-refractivity contribution in [2.24, 2.45) is 0 Å². The zero-order chi connectivity index (χ0) is 13.8. The number of rotatable bonds is 4. The van der Waals surface area contributed by atoms with Crippen molar-refractivity contribution in [2.45, 2.75) is 13.0 Å². The van der Waals surface area contributed by atoms with Gasteiger partial charge in [-0.3, -0.25) is 0 Å². The highest BCUT2D eigenvalue weighted by Gasteiger charge is 2.09. The van der Waals surface area contributed by atoms with Crippen LogP contribution in [0, 0.1) is 5.82 Å². The summed E-state index contributed by atoms with van der Waals surface area (Å²) in [5.74, 6) is -0.0821. The summed E-state index contributed by atoms with van der Waals surface area (Å²) in [6.07, 6.45) is 0. The third-order valence-electron chi connectivity index (χ3n) is 2.88. The lowest BCUT2D eigenvalue weighted by atomic mass is 10.1. The van der Waals surface area contributed by atoms with E-state index in [0.29, 0.717) is 0 Å². The quantitative estimate of drug-likeness (QED) is 0.875. The van der Waals surface area contributed by atoms with Gasteiger partial charge in [0.1, 0.15) is 0 Å². The second kappa shape index (κ2) is 6.06. The number of anilines is 1. The fraction of sp³-hybridized carbons (Fsp3) is 0.200. The van der Waals surface area contributed by atoms with Crippen molar-refractivity contribution in [3.63, 3.8) is 0 Å². The number of halogens is 2. The maximum atomic E-state index is 13.4. The molecular formula is C15H15BrFNO. The van der Waals surface area contributed by atoms with E-state index < -0.39 is 0 Å². The summed E-state index contributed by atoms with van der Waals surface area (Å²) in [5, 5.41) is 3.36. The predicted molar refractivity (Wildman–Crippen MR) is 79.1 cm³/mol. The number of hydrogen-bond acceptors (Lipinski definition) is 2. The predicted octanol–water partition coefficient (Wildman–Crippen LogP) is 4.77. The van der Waals surface area contributed by atoms with Crippen LogP contribution >= 0.6 is 15.9 Å². The molecule has 2 aromatic carbocycles. The van der Waals surface area contributed by atoms with Crippen LogP contribution in [0.15, 0.2) is 46.9 Å². The molecule has 1 N–H and O–H groups in total. The molecule has 0 aliphatic rings. The van der Waals surface area contributed by atoms with Gasteiger partial charge in [0.05, 0.1) is 7.11 Å². The Hall–Kier alpha value is -1.55. The van der Waals surface area contributed by atoms with E-state index in [1.54, 1.807) is 12.1 Å². The van der Waals surface area contributed by atoms with E-state index in [1.807, 2.05) is 31.2 Å². The van der Waals surface area contributed by atoms with E-state index in [9.17, 15) is 4.39 Å². The third kappa shape index (κ3) is 3.47. The molecule has 2 nitrogen and oxygen atoms in total. The van der Waals surface area contributed by atoms with Crippen LogP contribution in [0.1, 0.15) is 18.5 Å². The largest absolute Gasteiger partial charge is 0.494 e. The molecule has 0 aliphatic heterocycles. The Morgan fingerprint density at radius 1 is 1.21 bits per heavy atom. The highest BCUT2D eigenvalue weighted by molar-refractivity contribution is 9.10. The Morgan fingerprint density at radius 2 is 2.00 bits per heavy atom. The van der Waals surface area contributed by atoms with Crippen LogP contribution in [-0.2, 0) is 0 Å². The molecule has 1 unspecified atom stereocenters. The molecule has 0 spiro atoms. The van der Waals surface area contributed by atoms with E-state index in [2.05, 4.69) is 21.2 Å². The summed E-state index contributed by atoms with van der Waals surface area (Å²) in [4.78, 5) is 0. The van der Waals surface area contributed by atoms with Gasteiger partial charge >= 0.3 is 0 Å². The highest BCUT2D eigenvalue weighted by atomic mass is 79.9. The fourth-order valence-electron chi connectivity index (χ4n) is 1.86. The monoisotopic (exact) mass is 323 g/mol. The first kappa shape index (κ1) is 13.9. The van der Waals surface area contributed by atoms with Crippen LogP contribution in [0.25, 0.3) is 0 Å². The van der Waals surface area contributed by atoms with Gasteiger partial charge in [-0.25, -0.2) is 4.39 Å². The summed E-state index contributed by atoms with van der Waals surface area (Å²) < 4.78 is 19.4. The average molecular weight is 324 g/mol. The first-order valence-corrected chi connectivity index (χ1v) is 6.75. The van der Waals surface area contributed by atoms with Gasteiger partial charge in [-0.15, -0.1) is 0 Å². The second-order valence-corrected chi connectivity index (χ2v) is 5.19. The van der Waals surface area contributed by atoms with Gasteiger partial charge in [0, 0.05) is 16.2 Å². The molecule has 0 aromatic heterocycles. The van der Waals surface area contributed by atoms with E-state index in [-0.39, 0.29) is 17.6 Å². The number of hydrogen-bond donors (Lipinski definition) is 1. The molecule has 0 aliphatic carbocycles. The van der Waals surface area contributed by atoms with E-state index in [4.69, 9.17) is 4.74 Å². The Morgan fingerprint density at radius 3 is 2.68 bits per heavy atom. The summed E-state index contributed by atoms with van der Waals surface area (Å²) >= 11 is 3.43. The first-order chi connectivity index (χ1) is 9.10. The van der Waals surface area contributed by atoms with Crippen LogP contribution in [0.3, 0.4) is 0 Å². The zero-order valence-corrected chi connectivity index (χ0v) is 12.4. The zero-order valence-electron chi connectivity index (χ0n) is 10.8. The van der Waals surface area contributed by atoms with Crippen LogP contribution < -0.4 is 10.1 Å². The van der Waals surface area contributed by atoms with Gasteiger partial charge < -0.3 is 10.1 Å². The molecular weight excluding hydrogens is 309 g/mol. The Kier molecular flexibility index (Phi) is 4.43. The molecule has 100 valence electrons. The molecule has 1 atom stereocenters. The lowest BCUT2D eigenvalue weighted by Gasteiger charge is -2.17. The van der Waals surface area contributed by atoms with Gasteiger partial charge in [0.2, 0.25) is 0 Å². The molecule has 0 heterocycles. The topological polar surface area (TPSA) is 21.3 Å². The van der Waals surface area contributed by atoms with Crippen molar-refractivity contribution < 1.29 is 9.13 Å². The van der Waals surface area contributed by atoms with Crippen molar-refractivity contribution in [3.05, 3.63) is 58.3 Å². The minimum absolute atomic E-state index is 0.0591. The van der Waals surface area contributed by atoms with E-state index >= 15 is 0 Å². The molecule has 0 saturated carbocycles. The van der Waals surface area contributed by atoms with Gasteiger partial charge in [0.25, 0.3) is 0 Å². The summed E-state index contributed by atoms with van der Waals surface area (Å²) in [7, 11) is 1.47. The Labute approximate surface area is 120 Å². The van der Waals surface area contributed by atoms with Crippen LogP contribution in [-0.4, -0.2) is 7.11 Å². The van der Waals surface area contributed by atoms with Crippen molar-refractivity contribution in [2.75, 3.05) is 12.4 Å². The van der Waals surface area contributed by atoms with Crippen LogP contribution in [0.5, 0.6) is 5.75 Å². The fourth-order valence-corrected chi connectivity index (χ4v) is 2.26. The van der Waals surface area contributed by atoms with Gasteiger partial charge in [-0.05, 0) is 42.8 Å². The number of benzene rings is 2. The molecule has 4 heteroatoms. The van der Waals surface area contributed by atoms with Gasteiger partial charge in [-0.1, -0.05) is 28.1 Å². The number of methoxy groups -OCH3 is 1. The molecule has 0 radical (unpaired) electrons. The molecule has 2 aromatic rings. The average Bonchev–Trinajstić information content (AvgIpc) is 2.39. The van der Waals surface area contributed by atoms with E-state index in [0.717, 1.165) is 15.7 Å². The molecule has 2 rings (SSSR count). The van der Waals surface area contributed by atoms with Gasteiger partial charge in [-0.2, -0.15) is 0 Å². The lowest BCUT2D eigenvalue weighted by Crippen LogP contribution is -2.07.